The van der Waals surface area contributed by atoms with Crippen molar-refractivity contribution in [1.82, 2.24) is 10.3 Å². The maximum atomic E-state index is 12.4. The number of carbonyl (C=O) groups excluding carboxylic acids is 2. The Morgan fingerprint density at radius 2 is 1.74 bits per heavy atom. The molecule has 0 saturated carbocycles. The number of hydrogen-bond acceptors (Lipinski definition) is 3. The summed E-state index contributed by atoms with van der Waals surface area (Å²) in [5.74, 6) is -0.652. The molecule has 5 nitrogen and oxygen atoms in total. The van der Waals surface area contributed by atoms with E-state index in [1.165, 1.54) is 12.3 Å². The average Bonchev–Trinajstić information content (AvgIpc) is 2.69. The molecule has 0 unspecified atom stereocenters. The average molecular weight is 380 g/mol. The van der Waals surface area contributed by atoms with Gasteiger partial charge in [0.15, 0.2) is 0 Å². The minimum Gasteiger partial charge on any atom is -0.350 e. The molecule has 0 saturated heterocycles. The second-order valence-electron chi connectivity index (χ2n) is 5.89. The monoisotopic (exact) mass is 379 g/mol. The van der Waals surface area contributed by atoms with Gasteiger partial charge >= 0.3 is 0 Å². The van der Waals surface area contributed by atoms with Crippen LogP contribution in [0.25, 0.3) is 0 Å². The van der Waals surface area contributed by atoms with Gasteiger partial charge < -0.3 is 10.6 Å². The van der Waals surface area contributed by atoms with Crippen molar-refractivity contribution in [3.05, 3.63) is 94.8 Å². The van der Waals surface area contributed by atoms with E-state index < -0.39 is 0 Å². The predicted octanol–water partition coefficient (Wildman–Crippen LogP) is 3.96. The van der Waals surface area contributed by atoms with Crippen molar-refractivity contribution < 1.29 is 9.59 Å². The Kier molecular flexibility index (Phi) is 6.18. The quantitative estimate of drug-likeness (QED) is 0.681. The number of pyridine rings is 1. The summed E-state index contributed by atoms with van der Waals surface area (Å²) in [7, 11) is 0. The van der Waals surface area contributed by atoms with Gasteiger partial charge in [0.25, 0.3) is 11.8 Å². The number of aromatic nitrogens is 1. The van der Waals surface area contributed by atoms with Gasteiger partial charge in [0.1, 0.15) is 5.69 Å². The molecule has 136 valence electrons. The Balaban J connectivity index is 1.60. The van der Waals surface area contributed by atoms with Crippen LogP contribution in [-0.4, -0.2) is 23.3 Å². The molecule has 0 aliphatic heterocycles. The molecule has 3 rings (SSSR count). The number of amides is 2. The van der Waals surface area contributed by atoms with Crippen LogP contribution in [0.5, 0.6) is 0 Å². The molecule has 0 fully saturated rings. The van der Waals surface area contributed by atoms with Crippen molar-refractivity contribution in [3.63, 3.8) is 0 Å². The minimum atomic E-state index is -0.335. The van der Waals surface area contributed by atoms with Gasteiger partial charge in [0.2, 0.25) is 0 Å². The second kappa shape index (κ2) is 8.96. The Bertz CT molecular complexity index is 945. The molecule has 0 bridgehead atoms. The van der Waals surface area contributed by atoms with Crippen LogP contribution >= 0.6 is 11.6 Å². The third-order valence-corrected chi connectivity index (χ3v) is 4.11. The highest BCUT2D eigenvalue weighted by Gasteiger charge is 2.12. The van der Waals surface area contributed by atoms with E-state index in [-0.39, 0.29) is 17.5 Å². The fourth-order valence-electron chi connectivity index (χ4n) is 2.52. The standard InChI is InChI=1S/C21H18ClN3O2/c22-17-7-4-8-18(14-17)25-20(26)16-10-12-23-19(13-16)21(27)24-11-9-15-5-2-1-3-6-15/h1-8,10,12-14H,9,11H2,(H,24,27)(H,25,26). The Hall–Kier alpha value is -3.18. The lowest BCUT2D eigenvalue weighted by molar-refractivity contribution is 0.0949. The summed E-state index contributed by atoms with van der Waals surface area (Å²) in [4.78, 5) is 28.7. The molecule has 1 heterocycles. The summed E-state index contributed by atoms with van der Waals surface area (Å²) in [5, 5.41) is 6.10. The summed E-state index contributed by atoms with van der Waals surface area (Å²) in [5.41, 5.74) is 2.26. The number of rotatable bonds is 6. The lowest BCUT2D eigenvalue weighted by Gasteiger charge is -2.08. The van der Waals surface area contributed by atoms with E-state index >= 15 is 0 Å². The first-order valence-corrected chi connectivity index (χ1v) is 8.85. The van der Waals surface area contributed by atoms with Crippen molar-refractivity contribution in [2.75, 3.05) is 11.9 Å². The van der Waals surface area contributed by atoms with Gasteiger partial charge in [-0.05, 0) is 42.3 Å². The predicted molar refractivity (Wildman–Crippen MR) is 106 cm³/mol. The van der Waals surface area contributed by atoms with Gasteiger partial charge in [0.05, 0.1) is 0 Å². The first-order chi connectivity index (χ1) is 13.1. The summed E-state index contributed by atoms with van der Waals surface area (Å²) in [6.45, 7) is 0.490. The Labute approximate surface area is 162 Å². The van der Waals surface area contributed by atoms with Gasteiger partial charge in [-0.3, -0.25) is 14.6 Å². The topological polar surface area (TPSA) is 71.1 Å². The van der Waals surface area contributed by atoms with Gasteiger partial charge in [-0.2, -0.15) is 0 Å². The molecule has 2 aromatic carbocycles. The lowest BCUT2D eigenvalue weighted by atomic mass is 10.1. The number of nitrogens with zero attached hydrogens (tertiary/aromatic N) is 1. The van der Waals surface area contributed by atoms with Crippen LogP contribution in [0.15, 0.2) is 72.9 Å². The van der Waals surface area contributed by atoms with Gasteiger partial charge in [0, 0.05) is 29.0 Å². The van der Waals surface area contributed by atoms with Crippen molar-refractivity contribution in [3.8, 4) is 0 Å². The zero-order chi connectivity index (χ0) is 19.1. The smallest absolute Gasteiger partial charge is 0.269 e. The summed E-state index contributed by atoms with van der Waals surface area (Å²) >= 11 is 5.92. The number of anilines is 1. The number of halogens is 1. The van der Waals surface area contributed by atoms with Crippen molar-refractivity contribution in [2.45, 2.75) is 6.42 Å². The molecule has 0 radical (unpaired) electrons. The summed E-state index contributed by atoms with van der Waals surface area (Å²) in [6, 6.07) is 19.8. The lowest BCUT2D eigenvalue weighted by Crippen LogP contribution is -2.27. The number of hydrogen-bond donors (Lipinski definition) is 2. The van der Waals surface area contributed by atoms with Crippen molar-refractivity contribution >= 4 is 29.1 Å². The molecule has 0 atom stereocenters. The fraction of sp³-hybridized carbons (Fsp3) is 0.0952. The van der Waals surface area contributed by atoms with E-state index in [4.69, 9.17) is 11.6 Å². The largest absolute Gasteiger partial charge is 0.350 e. The zero-order valence-electron chi connectivity index (χ0n) is 14.5. The molecule has 2 amide bonds. The van der Waals surface area contributed by atoms with E-state index in [1.807, 2.05) is 30.3 Å². The SMILES string of the molecule is O=C(Nc1cccc(Cl)c1)c1ccnc(C(=O)NCCc2ccccc2)c1. The molecule has 0 aliphatic carbocycles. The maximum absolute atomic E-state index is 12.4. The minimum absolute atomic E-state index is 0.196. The van der Waals surface area contributed by atoms with E-state index in [0.29, 0.717) is 22.8 Å². The highest BCUT2D eigenvalue weighted by molar-refractivity contribution is 6.31. The van der Waals surface area contributed by atoms with Crippen LogP contribution in [0.1, 0.15) is 26.4 Å². The van der Waals surface area contributed by atoms with Crippen LogP contribution < -0.4 is 10.6 Å². The molecule has 0 spiro atoms. The summed E-state index contributed by atoms with van der Waals surface area (Å²) in [6.07, 6.45) is 2.17. The Morgan fingerprint density at radius 1 is 0.926 bits per heavy atom. The van der Waals surface area contributed by atoms with E-state index in [0.717, 1.165) is 12.0 Å². The third kappa shape index (κ3) is 5.39. The molecular weight excluding hydrogens is 362 g/mol. The van der Waals surface area contributed by atoms with E-state index in [9.17, 15) is 9.59 Å². The highest BCUT2D eigenvalue weighted by atomic mass is 35.5. The normalized spacial score (nSPS) is 10.3. The molecule has 2 N–H and O–H groups in total. The maximum Gasteiger partial charge on any atom is 0.269 e. The van der Waals surface area contributed by atoms with Gasteiger partial charge in [-0.1, -0.05) is 48.0 Å². The van der Waals surface area contributed by atoms with Gasteiger partial charge in [-0.15, -0.1) is 0 Å². The molecule has 0 aliphatic rings. The molecule has 27 heavy (non-hydrogen) atoms. The Morgan fingerprint density at radius 3 is 2.52 bits per heavy atom. The van der Waals surface area contributed by atoms with Crippen molar-refractivity contribution in [1.29, 1.82) is 0 Å². The number of carbonyl (C=O) groups is 2. The van der Waals surface area contributed by atoms with E-state index in [2.05, 4.69) is 15.6 Å². The second-order valence-corrected chi connectivity index (χ2v) is 6.32. The number of benzene rings is 2. The first-order valence-electron chi connectivity index (χ1n) is 8.47. The van der Waals surface area contributed by atoms with Crippen molar-refractivity contribution in [2.24, 2.45) is 0 Å². The molecule has 3 aromatic rings. The molecule has 6 heteroatoms. The summed E-state index contributed by atoms with van der Waals surface area (Å²) < 4.78 is 0. The van der Waals surface area contributed by atoms with Crippen LogP contribution in [0.3, 0.4) is 0 Å². The van der Waals surface area contributed by atoms with E-state index in [1.54, 1.807) is 30.3 Å². The molecular formula is C21H18ClN3O2. The zero-order valence-corrected chi connectivity index (χ0v) is 15.2. The van der Waals surface area contributed by atoms with Gasteiger partial charge in [-0.25, -0.2) is 0 Å². The third-order valence-electron chi connectivity index (χ3n) is 3.88. The van der Waals surface area contributed by atoms with Crippen LogP contribution in [-0.2, 0) is 6.42 Å². The van der Waals surface area contributed by atoms with Crippen LogP contribution in [0, 0.1) is 0 Å². The van der Waals surface area contributed by atoms with Crippen LogP contribution in [0.4, 0.5) is 5.69 Å². The fourth-order valence-corrected chi connectivity index (χ4v) is 2.71. The first kappa shape index (κ1) is 18.6. The highest BCUT2D eigenvalue weighted by Crippen LogP contribution is 2.16. The van der Waals surface area contributed by atoms with Crippen LogP contribution in [0.2, 0.25) is 5.02 Å². The number of nitrogens with one attached hydrogen (secondary N) is 2. The molecule has 1 aromatic heterocycles.